The smallest absolute Gasteiger partial charge is 0.249 e. The molecule has 10 heteroatoms. The molecule has 2 aromatic rings. The highest BCUT2D eigenvalue weighted by molar-refractivity contribution is 7.89. The highest BCUT2D eigenvalue weighted by atomic mass is 32.2. The molecule has 1 amide bonds. The summed E-state index contributed by atoms with van der Waals surface area (Å²) in [5, 5.41) is 0. The summed E-state index contributed by atoms with van der Waals surface area (Å²) in [5.74, 6) is 2.16. The van der Waals surface area contributed by atoms with E-state index < -0.39 is 10.0 Å². The highest BCUT2D eigenvalue weighted by Crippen LogP contribution is 2.42. The first-order valence-corrected chi connectivity index (χ1v) is 14.0. The summed E-state index contributed by atoms with van der Waals surface area (Å²) in [6.45, 7) is 3.92. The Bertz CT molecular complexity index is 1310. The van der Waals surface area contributed by atoms with Crippen molar-refractivity contribution >= 4 is 22.0 Å². The first kappa shape index (κ1) is 27.8. The van der Waals surface area contributed by atoms with Crippen LogP contribution in [0.1, 0.15) is 31.7 Å². The lowest BCUT2D eigenvalue weighted by Crippen LogP contribution is -2.44. The summed E-state index contributed by atoms with van der Waals surface area (Å²) < 4.78 is 49.4. The number of benzene rings is 2. The van der Waals surface area contributed by atoms with Gasteiger partial charge in [-0.25, -0.2) is 8.42 Å². The number of rotatable bonds is 8. The number of piperidine rings is 1. The molecule has 9 nitrogen and oxygen atoms in total. The van der Waals surface area contributed by atoms with E-state index in [0.717, 1.165) is 12.0 Å². The molecular weight excluding hydrogens is 508 g/mol. The Labute approximate surface area is 225 Å². The van der Waals surface area contributed by atoms with E-state index in [9.17, 15) is 13.2 Å². The molecule has 2 heterocycles. The van der Waals surface area contributed by atoms with Crippen molar-refractivity contribution in [2.75, 3.05) is 54.6 Å². The van der Waals surface area contributed by atoms with Gasteiger partial charge in [0.1, 0.15) is 11.5 Å². The summed E-state index contributed by atoms with van der Waals surface area (Å²) in [4.78, 5) is 15.5. The molecule has 0 aromatic heterocycles. The summed E-state index contributed by atoms with van der Waals surface area (Å²) in [6.07, 6.45) is 4.09. The van der Waals surface area contributed by atoms with Gasteiger partial charge >= 0.3 is 0 Å². The zero-order chi connectivity index (χ0) is 27.5. The number of hydrogen-bond acceptors (Lipinski definition) is 7. The zero-order valence-electron chi connectivity index (χ0n) is 22.7. The topological polar surface area (TPSA) is 94.6 Å². The van der Waals surface area contributed by atoms with Crippen LogP contribution in [0.15, 0.2) is 46.9 Å². The lowest BCUT2D eigenvalue weighted by Gasteiger charge is -2.38. The molecule has 38 heavy (non-hydrogen) atoms. The van der Waals surface area contributed by atoms with Crippen LogP contribution in [-0.4, -0.2) is 78.1 Å². The fourth-order valence-corrected chi connectivity index (χ4v) is 6.82. The molecule has 2 fully saturated rings. The summed E-state index contributed by atoms with van der Waals surface area (Å²) in [7, 11) is 2.61. The molecule has 0 atom stereocenters. The third kappa shape index (κ3) is 5.47. The Balaban J connectivity index is 1.43. The quantitative estimate of drug-likeness (QED) is 0.466. The Hall–Kier alpha value is -3.24. The van der Waals surface area contributed by atoms with Gasteiger partial charge < -0.3 is 23.8 Å². The molecule has 206 valence electrons. The van der Waals surface area contributed by atoms with Crippen molar-refractivity contribution in [2.45, 2.75) is 31.1 Å². The molecule has 0 saturated carbocycles. The average Bonchev–Trinajstić information content (AvgIpc) is 3.35. The minimum absolute atomic E-state index is 0.0369. The van der Waals surface area contributed by atoms with Crippen LogP contribution in [0.2, 0.25) is 0 Å². The monoisotopic (exact) mass is 544 g/mol. The predicted molar refractivity (Wildman–Crippen MR) is 144 cm³/mol. The number of likely N-dealkylation sites (tertiary alicyclic amines) is 1. The van der Waals surface area contributed by atoms with E-state index in [-0.39, 0.29) is 16.2 Å². The van der Waals surface area contributed by atoms with Gasteiger partial charge in [-0.2, -0.15) is 4.31 Å². The fourth-order valence-electron chi connectivity index (χ4n) is 5.34. The van der Waals surface area contributed by atoms with E-state index in [4.69, 9.17) is 18.9 Å². The molecule has 4 rings (SSSR count). The molecule has 2 saturated heterocycles. The fraction of sp³-hybridized carbons (Fsp3) is 0.464. The van der Waals surface area contributed by atoms with Crippen molar-refractivity contribution in [3.05, 3.63) is 47.5 Å². The van der Waals surface area contributed by atoms with Crippen molar-refractivity contribution in [3.8, 4) is 23.0 Å². The lowest BCUT2D eigenvalue weighted by molar-refractivity contribution is -0.126. The molecular formula is C28H36N2O7S. The molecule has 2 aliphatic heterocycles. The molecule has 2 aliphatic rings. The van der Waals surface area contributed by atoms with Crippen molar-refractivity contribution in [2.24, 2.45) is 5.41 Å². The molecule has 2 aromatic carbocycles. The van der Waals surface area contributed by atoms with E-state index in [0.29, 0.717) is 67.6 Å². The van der Waals surface area contributed by atoms with Gasteiger partial charge in [0.05, 0.1) is 33.3 Å². The van der Waals surface area contributed by atoms with Crippen molar-refractivity contribution in [1.82, 2.24) is 9.21 Å². The standard InChI is InChI=1S/C28H36N2O7S/c1-20(15-21-16-25(36-4)26(37-5)18-24(21)35-3)27(31)29-12-9-28(19-29)10-13-30(14-11-28)38(32,33)23-8-6-7-22(17-23)34-2/h6-8,15-18H,9-14,19H2,1-5H3. The number of sulfonamides is 1. The molecule has 0 aliphatic carbocycles. The Kier molecular flexibility index (Phi) is 8.22. The minimum Gasteiger partial charge on any atom is -0.497 e. The van der Waals surface area contributed by atoms with Crippen molar-refractivity contribution in [3.63, 3.8) is 0 Å². The highest BCUT2D eigenvalue weighted by Gasteiger charge is 2.44. The maximum Gasteiger partial charge on any atom is 0.249 e. The van der Waals surface area contributed by atoms with E-state index in [2.05, 4.69) is 0 Å². The van der Waals surface area contributed by atoms with E-state index in [1.165, 1.54) is 7.11 Å². The molecule has 0 unspecified atom stereocenters. The van der Waals surface area contributed by atoms with Crippen LogP contribution in [-0.2, 0) is 14.8 Å². The minimum atomic E-state index is -3.60. The number of hydrogen-bond donors (Lipinski definition) is 0. The van der Waals surface area contributed by atoms with Crippen LogP contribution in [0.5, 0.6) is 23.0 Å². The van der Waals surface area contributed by atoms with Crippen LogP contribution >= 0.6 is 0 Å². The van der Waals surface area contributed by atoms with Crippen LogP contribution in [0, 0.1) is 5.41 Å². The Morgan fingerprint density at radius 2 is 1.50 bits per heavy atom. The van der Waals surface area contributed by atoms with Gasteiger partial charge in [0, 0.05) is 49.4 Å². The second kappa shape index (κ2) is 11.2. The number of carbonyl (C=O) groups is 1. The Morgan fingerprint density at radius 1 is 0.868 bits per heavy atom. The Morgan fingerprint density at radius 3 is 2.13 bits per heavy atom. The predicted octanol–water partition coefficient (Wildman–Crippen LogP) is 3.83. The molecule has 0 radical (unpaired) electrons. The van der Waals surface area contributed by atoms with Gasteiger partial charge in [0.25, 0.3) is 0 Å². The number of ether oxygens (including phenoxy) is 4. The van der Waals surface area contributed by atoms with E-state index in [1.807, 2.05) is 4.90 Å². The number of amides is 1. The summed E-state index contributed by atoms with van der Waals surface area (Å²) in [6, 6.07) is 10.1. The van der Waals surface area contributed by atoms with Crippen LogP contribution in [0.25, 0.3) is 6.08 Å². The third-order valence-corrected chi connectivity index (χ3v) is 9.53. The van der Waals surface area contributed by atoms with Crippen molar-refractivity contribution in [1.29, 1.82) is 0 Å². The second-order valence-corrected chi connectivity index (χ2v) is 11.8. The van der Waals surface area contributed by atoms with Gasteiger partial charge in [-0.1, -0.05) is 6.07 Å². The maximum atomic E-state index is 13.4. The van der Waals surface area contributed by atoms with E-state index in [1.54, 1.807) is 75.0 Å². The van der Waals surface area contributed by atoms with Gasteiger partial charge in [-0.05, 0) is 55.9 Å². The van der Waals surface area contributed by atoms with Gasteiger partial charge in [-0.15, -0.1) is 0 Å². The maximum absolute atomic E-state index is 13.4. The molecule has 0 bridgehead atoms. The third-order valence-electron chi connectivity index (χ3n) is 7.63. The van der Waals surface area contributed by atoms with Crippen molar-refractivity contribution < 1.29 is 32.2 Å². The van der Waals surface area contributed by atoms with Gasteiger partial charge in [0.2, 0.25) is 15.9 Å². The second-order valence-electron chi connectivity index (χ2n) is 9.84. The van der Waals surface area contributed by atoms with Crippen LogP contribution in [0.4, 0.5) is 0 Å². The first-order chi connectivity index (χ1) is 18.2. The van der Waals surface area contributed by atoms with E-state index >= 15 is 0 Å². The average molecular weight is 545 g/mol. The molecule has 0 N–H and O–H groups in total. The number of methoxy groups -OCH3 is 4. The lowest BCUT2D eigenvalue weighted by atomic mass is 9.78. The normalized spacial score (nSPS) is 17.9. The summed E-state index contributed by atoms with van der Waals surface area (Å²) >= 11 is 0. The summed E-state index contributed by atoms with van der Waals surface area (Å²) in [5.41, 5.74) is 1.24. The number of nitrogens with zero attached hydrogens (tertiary/aromatic N) is 2. The number of carbonyl (C=O) groups excluding carboxylic acids is 1. The zero-order valence-corrected chi connectivity index (χ0v) is 23.5. The largest absolute Gasteiger partial charge is 0.497 e. The van der Waals surface area contributed by atoms with Crippen LogP contribution < -0.4 is 18.9 Å². The molecule has 1 spiro atoms. The van der Waals surface area contributed by atoms with Gasteiger partial charge in [-0.3, -0.25) is 4.79 Å². The first-order valence-electron chi connectivity index (χ1n) is 12.6. The van der Waals surface area contributed by atoms with Gasteiger partial charge in [0.15, 0.2) is 11.5 Å². The SMILES string of the molecule is COc1cccc(S(=O)(=O)N2CCC3(CCN(C(=O)C(C)=Cc4cc(OC)c(OC)cc4OC)C3)CC2)c1. The van der Waals surface area contributed by atoms with Crippen LogP contribution in [0.3, 0.4) is 0 Å².